The SMILES string of the molecule is O=C1C2C(C(=O)N1N=Cc1cc3c(cc1[N+](=O)[O-])OCO3)C1C=CC2C12CC2. The summed E-state index contributed by atoms with van der Waals surface area (Å²) in [5, 5.41) is 16.3. The van der Waals surface area contributed by atoms with Crippen molar-refractivity contribution in [2.24, 2.45) is 34.2 Å². The molecule has 0 aromatic heterocycles. The lowest BCUT2D eigenvalue weighted by molar-refractivity contribution is -0.385. The summed E-state index contributed by atoms with van der Waals surface area (Å²) in [6.07, 6.45) is 7.48. The molecule has 28 heavy (non-hydrogen) atoms. The number of nitro benzene ring substituents is 1. The number of hydrazone groups is 1. The summed E-state index contributed by atoms with van der Waals surface area (Å²) in [5.41, 5.74) is 0.0321. The van der Waals surface area contributed by atoms with E-state index in [1.165, 1.54) is 18.3 Å². The Balaban J connectivity index is 1.33. The van der Waals surface area contributed by atoms with Gasteiger partial charge in [0.15, 0.2) is 11.5 Å². The van der Waals surface area contributed by atoms with E-state index >= 15 is 0 Å². The van der Waals surface area contributed by atoms with Crippen molar-refractivity contribution < 1.29 is 24.0 Å². The molecule has 2 amide bonds. The number of hydrogen-bond acceptors (Lipinski definition) is 7. The molecule has 1 aromatic rings. The van der Waals surface area contributed by atoms with Crippen LogP contribution in [-0.4, -0.2) is 34.8 Å². The van der Waals surface area contributed by atoms with Crippen LogP contribution in [-0.2, 0) is 9.59 Å². The van der Waals surface area contributed by atoms with E-state index in [4.69, 9.17) is 9.47 Å². The first-order chi connectivity index (χ1) is 13.5. The van der Waals surface area contributed by atoms with Crippen LogP contribution in [0.1, 0.15) is 18.4 Å². The molecule has 4 atom stereocenters. The summed E-state index contributed by atoms with van der Waals surface area (Å²) in [4.78, 5) is 36.6. The Labute approximate surface area is 158 Å². The van der Waals surface area contributed by atoms with Gasteiger partial charge in [-0.25, -0.2) is 0 Å². The third kappa shape index (κ3) is 1.78. The van der Waals surface area contributed by atoms with Gasteiger partial charge in [0, 0.05) is 0 Å². The molecule has 2 aliphatic heterocycles. The summed E-state index contributed by atoms with van der Waals surface area (Å²) in [6, 6.07) is 2.69. The minimum absolute atomic E-state index is 0.0168. The highest BCUT2D eigenvalue weighted by Crippen LogP contribution is 2.73. The molecular weight excluding hydrogens is 366 g/mol. The van der Waals surface area contributed by atoms with Crippen molar-refractivity contribution in [3.8, 4) is 11.5 Å². The molecule has 0 radical (unpaired) electrons. The zero-order valence-corrected chi connectivity index (χ0v) is 14.6. The second-order valence-electron chi connectivity index (χ2n) is 7.98. The molecule has 142 valence electrons. The molecule has 0 N–H and O–H groups in total. The minimum atomic E-state index is -0.563. The first kappa shape index (κ1) is 15.8. The number of carbonyl (C=O) groups is 2. The van der Waals surface area contributed by atoms with Crippen molar-refractivity contribution in [3.05, 3.63) is 40.0 Å². The molecule has 5 aliphatic rings. The molecule has 1 saturated heterocycles. The zero-order chi connectivity index (χ0) is 19.2. The van der Waals surface area contributed by atoms with Crippen LogP contribution in [0.3, 0.4) is 0 Å². The van der Waals surface area contributed by atoms with E-state index in [0.717, 1.165) is 17.9 Å². The van der Waals surface area contributed by atoms with E-state index in [-0.39, 0.29) is 64.7 Å². The molecule has 3 aliphatic carbocycles. The van der Waals surface area contributed by atoms with Gasteiger partial charge in [-0.05, 0) is 36.2 Å². The maximum absolute atomic E-state index is 12.9. The number of imide groups is 1. The molecular formula is C19H15N3O6. The molecule has 1 aromatic carbocycles. The number of rotatable bonds is 3. The van der Waals surface area contributed by atoms with Crippen LogP contribution in [0.4, 0.5) is 5.69 Å². The lowest BCUT2D eigenvalue weighted by atomic mass is 9.85. The number of ether oxygens (including phenoxy) is 2. The number of hydrogen-bond donors (Lipinski definition) is 0. The number of amides is 2. The third-order valence-corrected chi connectivity index (χ3v) is 6.86. The maximum atomic E-state index is 12.9. The van der Waals surface area contributed by atoms with Crippen LogP contribution in [0, 0.1) is 39.2 Å². The van der Waals surface area contributed by atoms with Crippen LogP contribution < -0.4 is 9.47 Å². The van der Waals surface area contributed by atoms with Crippen LogP contribution in [0.5, 0.6) is 11.5 Å². The lowest BCUT2D eigenvalue weighted by Crippen LogP contribution is -2.30. The first-order valence-corrected chi connectivity index (χ1v) is 9.19. The van der Waals surface area contributed by atoms with Crippen molar-refractivity contribution in [2.75, 3.05) is 6.79 Å². The largest absolute Gasteiger partial charge is 0.454 e. The van der Waals surface area contributed by atoms with E-state index in [0.29, 0.717) is 5.75 Å². The highest BCUT2D eigenvalue weighted by atomic mass is 16.7. The van der Waals surface area contributed by atoms with Gasteiger partial charge in [0.25, 0.3) is 17.5 Å². The van der Waals surface area contributed by atoms with E-state index in [2.05, 4.69) is 17.3 Å². The molecule has 4 unspecified atom stereocenters. The van der Waals surface area contributed by atoms with E-state index in [1.807, 2.05) is 0 Å². The monoisotopic (exact) mass is 381 g/mol. The van der Waals surface area contributed by atoms with Gasteiger partial charge in [0.2, 0.25) is 6.79 Å². The Bertz CT molecular complexity index is 993. The number of carbonyl (C=O) groups excluding carboxylic acids is 2. The predicted octanol–water partition coefficient (Wildman–Crippen LogP) is 1.85. The first-order valence-electron chi connectivity index (χ1n) is 9.19. The number of nitro groups is 1. The van der Waals surface area contributed by atoms with E-state index in [1.54, 1.807) is 0 Å². The van der Waals surface area contributed by atoms with Gasteiger partial charge in [-0.3, -0.25) is 19.7 Å². The standard InChI is InChI=1S/C19H15N3O6/c23-17-15-10-1-2-11(19(10)3-4-19)16(15)18(24)21(17)20-7-9-5-13-14(28-8-27-13)6-12(9)22(25)26/h1-2,5-7,10-11,15-16H,3-4,8H2. The smallest absolute Gasteiger partial charge is 0.282 e. The molecule has 2 heterocycles. The van der Waals surface area contributed by atoms with Crippen molar-refractivity contribution in [3.63, 3.8) is 0 Å². The Morgan fingerprint density at radius 3 is 2.29 bits per heavy atom. The Morgan fingerprint density at radius 2 is 1.71 bits per heavy atom. The van der Waals surface area contributed by atoms with Crippen LogP contribution >= 0.6 is 0 Å². The quantitative estimate of drug-likeness (QED) is 0.260. The lowest BCUT2D eigenvalue weighted by Gasteiger charge is -2.18. The summed E-state index contributed by atoms with van der Waals surface area (Å²) < 4.78 is 10.4. The van der Waals surface area contributed by atoms with Crippen molar-refractivity contribution in [1.82, 2.24) is 5.01 Å². The molecule has 3 fully saturated rings. The van der Waals surface area contributed by atoms with Gasteiger partial charge >= 0.3 is 0 Å². The summed E-state index contributed by atoms with van der Waals surface area (Å²) in [5.74, 6) is -0.457. The van der Waals surface area contributed by atoms with E-state index < -0.39 is 4.92 Å². The van der Waals surface area contributed by atoms with Crippen LogP contribution in [0.15, 0.2) is 29.4 Å². The molecule has 9 heteroatoms. The minimum Gasteiger partial charge on any atom is -0.454 e. The van der Waals surface area contributed by atoms with Gasteiger partial charge < -0.3 is 9.47 Å². The number of allylic oxidation sites excluding steroid dienone is 2. The molecule has 9 nitrogen and oxygen atoms in total. The average molecular weight is 381 g/mol. The Morgan fingerprint density at radius 1 is 1.11 bits per heavy atom. The van der Waals surface area contributed by atoms with Gasteiger partial charge in [-0.15, -0.1) is 0 Å². The van der Waals surface area contributed by atoms with Crippen molar-refractivity contribution >= 4 is 23.7 Å². The Hall–Kier alpha value is -3.23. The summed E-state index contributed by atoms with van der Waals surface area (Å²) in [7, 11) is 0. The highest BCUT2D eigenvalue weighted by molar-refractivity contribution is 6.07. The number of benzene rings is 1. The second-order valence-corrected chi connectivity index (χ2v) is 7.98. The topological polar surface area (TPSA) is 111 Å². The molecule has 1 spiro atoms. The number of nitrogens with zero attached hydrogens (tertiary/aromatic N) is 3. The molecule has 2 saturated carbocycles. The van der Waals surface area contributed by atoms with Gasteiger partial charge in [-0.2, -0.15) is 10.1 Å². The van der Waals surface area contributed by atoms with Crippen molar-refractivity contribution in [2.45, 2.75) is 12.8 Å². The third-order valence-electron chi connectivity index (χ3n) is 6.86. The maximum Gasteiger partial charge on any atom is 0.282 e. The number of fused-ring (bicyclic) bond motifs is 4. The highest BCUT2D eigenvalue weighted by Gasteiger charge is 2.73. The van der Waals surface area contributed by atoms with Crippen LogP contribution in [0.25, 0.3) is 0 Å². The van der Waals surface area contributed by atoms with Gasteiger partial charge in [0.05, 0.1) is 34.6 Å². The van der Waals surface area contributed by atoms with Gasteiger partial charge in [-0.1, -0.05) is 12.2 Å². The zero-order valence-electron chi connectivity index (χ0n) is 14.6. The normalized spacial score (nSPS) is 32.8. The summed E-state index contributed by atoms with van der Waals surface area (Å²) in [6.45, 7) is -0.0168. The average Bonchev–Trinajstić information content (AvgIpc) is 2.97. The fourth-order valence-corrected chi connectivity index (χ4v) is 5.50. The fourth-order valence-electron chi connectivity index (χ4n) is 5.50. The molecule has 2 bridgehead atoms. The Kier molecular flexibility index (Phi) is 2.81. The second kappa shape index (κ2) is 4.98. The van der Waals surface area contributed by atoms with Crippen LogP contribution in [0.2, 0.25) is 0 Å². The molecule has 6 rings (SSSR count). The summed E-state index contributed by atoms with van der Waals surface area (Å²) >= 11 is 0. The van der Waals surface area contributed by atoms with Gasteiger partial charge in [0.1, 0.15) is 0 Å². The fraction of sp³-hybridized carbons (Fsp3) is 0.421. The van der Waals surface area contributed by atoms with Crippen molar-refractivity contribution in [1.29, 1.82) is 0 Å². The van der Waals surface area contributed by atoms with E-state index in [9.17, 15) is 19.7 Å². The predicted molar refractivity (Wildman–Crippen MR) is 93.4 cm³/mol.